The van der Waals surface area contributed by atoms with Crippen molar-refractivity contribution < 1.29 is 4.79 Å². The lowest BCUT2D eigenvalue weighted by molar-refractivity contribution is 0.0954. The molecule has 0 spiro atoms. The number of fused-ring (bicyclic) bond motifs is 2. The van der Waals surface area contributed by atoms with Crippen LogP contribution in [0.4, 0.5) is 0 Å². The number of nitrogens with two attached hydrogens (primary N) is 1. The zero-order valence-corrected chi connectivity index (χ0v) is 13.0. The van der Waals surface area contributed by atoms with E-state index in [0.717, 1.165) is 21.9 Å². The van der Waals surface area contributed by atoms with Crippen molar-refractivity contribution in [3.05, 3.63) is 84.4 Å². The van der Waals surface area contributed by atoms with E-state index in [1.165, 1.54) is 10.8 Å². The second kappa shape index (κ2) is 5.80. The van der Waals surface area contributed by atoms with Gasteiger partial charge in [-0.15, -0.1) is 0 Å². The molecule has 3 N–H and O–H groups in total. The van der Waals surface area contributed by atoms with E-state index in [4.69, 9.17) is 5.84 Å². The van der Waals surface area contributed by atoms with Crippen LogP contribution in [-0.2, 0) is 0 Å². The topological polar surface area (TPSA) is 55.1 Å². The van der Waals surface area contributed by atoms with Gasteiger partial charge in [-0.2, -0.15) is 0 Å². The van der Waals surface area contributed by atoms with Crippen molar-refractivity contribution in [3.63, 3.8) is 0 Å². The summed E-state index contributed by atoms with van der Waals surface area (Å²) in [5.41, 5.74) is 4.70. The van der Waals surface area contributed by atoms with E-state index in [-0.39, 0.29) is 5.91 Å². The number of carbonyl (C=O) groups excluding carboxylic acids is 1. The molecule has 0 bridgehead atoms. The second-order valence-corrected chi connectivity index (χ2v) is 5.75. The number of nitrogens with one attached hydrogen (secondary N) is 1. The Hall–Kier alpha value is -3.17. The third-order valence-electron chi connectivity index (χ3n) is 4.34. The summed E-state index contributed by atoms with van der Waals surface area (Å²) < 4.78 is 0. The Morgan fingerprint density at radius 3 is 2.12 bits per heavy atom. The number of hydrogen-bond acceptors (Lipinski definition) is 2. The van der Waals surface area contributed by atoms with Crippen LogP contribution in [0.5, 0.6) is 0 Å². The Bertz CT molecular complexity index is 1070. The highest BCUT2D eigenvalue weighted by Gasteiger charge is 2.13. The summed E-state index contributed by atoms with van der Waals surface area (Å²) in [4.78, 5) is 12.1. The van der Waals surface area contributed by atoms with E-state index in [2.05, 4.69) is 35.8 Å². The van der Waals surface area contributed by atoms with Crippen LogP contribution in [0.15, 0.2) is 78.9 Å². The molecule has 4 aromatic rings. The van der Waals surface area contributed by atoms with Crippen LogP contribution in [0.25, 0.3) is 32.7 Å². The van der Waals surface area contributed by atoms with E-state index in [1.807, 2.05) is 42.5 Å². The maximum absolute atomic E-state index is 12.1. The molecule has 24 heavy (non-hydrogen) atoms. The lowest BCUT2D eigenvalue weighted by Gasteiger charge is -2.12. The van der Waals surface area contributed by atoms with Crippen molar-refractivity contribution >= 4 is 27.5 Å². The number of nitrogen functional groups attached to an aromatic ring is 1. The number of carbonyl (C=O) groups is 1. The van der Waals surface area contributed by atoms with Crippen LogP contribution in [0.3, 0.4) is 0 Å². The van der Waals surface area contributed by atoms with Gasteiger partial charge < -0.3 is 0 Å². The highest BCUT2D eigenvalue weighted by atomic mass is 16.2. The molecule has 3 heteroatoms. The molecule has 116 valence electrons. The van der Waals surface area contributed by atoms with Gasteiger partial charge in [-0.3, -0.25) is 10.2 Å². The summed E-state index contributed by atoms with van der Waals surface area (Å²) in [6.45, 7) is 0. The van der Waals surface area contributed by atoms with Crippen molar-refractivity contribution in [3.8, 4) is 11.1 Å². The first-order valence-electron chi connectivity index (χ1n) is 7.80. The quantitative estimate of drug-likeness (QED) is 0.251. The average molecular weight is 312 g/mol. The third kappa shape index (κ3) is 2.32. The Morgan fingerprint density at radius 2 is 1.33 bits per heavy atom. The average Bonchev–Trinajstić information content (AvgIpc) is 2.65. The van der Waals surface area contributed by atoms with E-state index in [0.29, 0.717) is 5.56 Å². The molecule has 0 radical (unpaired) electrons. The Morgan fingerprint density at radius 1 is 0.708 bits per heavy atom. The van der Waals surface area contributed by atoms with Gasteiger partial charge in [-0.25, -0.2) is 5.84 Å². The summed E-state index contributed by atoms with van der Waals surface area (Å²) in [5.74, 6) is 5.05. The smallest absolute Gasteiger partial charge is 0.265 e. The SMILES string of the molecule is NNC(=O)c1ccccc1-c1cccc2cc3ccccc3cc12. The van der Waals surface area contributed by atoms with E-state index < -0.39 is 0 Å². The molecule has 0 saturated heterocycles. The van der Waals surface area contributed by atoms with Gasteiger partial charge in [0, 0.05) is 5.56 Å². The summed E-state index contributed by atoms with van der Waals surface area (Å²) in [6, 6.07) is 26.3. The van der Waals surface area contributed by atoms with Gasteiger partial charge in [0.15, 0.2) is 0 Å². The molecule has 4 aromatic carbocycles. The van der Waals surface area contributed by atoms with Crippen LogP contribution in [0.1, 0.15) is 10.4 Å². The molecule has 0 heterocycles. The normalized spacial score (nSPS) is 10.9. The van der Waals surface area contributed by atoms with Gasteiger partial charge in [0.1, 0.15) is 0 Å². The molecule has 1 amide bonds. The monoisotopic (exact) mass is 312 g/mol. The van der Waals surface area contributed by atoms with Crippen LogP contribution in [-0.4, -0.2) is 5.91 Å². The number of hydrogen-bond donors (Lipinski definition) is 2. The maximum atomic E-state index is 12.1. The molecule has 4 rings (SSSR count). The van der Waals surface area contributed by atoms with Crippen molar-refractivity contribution in [1.82, 2.24) is 5.43 Å². The Labute approximate surface area is 139 Å². The standard InChI is InChI=1S/C21H16N2O/c22-23-21(24)19-10-4-3-9-17(19)18-11-5-8-16-12-14-6-1-2-7-15(14)13-20(16)18/h1-13H,22H2,(H,23,24). The summed E-state index contributed by atoms with van der Waals surface area (Å²) in [5, 5.41) is 4.65. The molecule has 0 aliphatic rings. The summed E-state index contributed by atoms with van der Waals surface area (Å²) in [6.07, 6.45) is 0. The maximum Gasteiger partial charge on any atom is 0.265 e. The summed E-state index contributed by atoms with van der Waals surface area (Å²) in [7, 11) is 0. The lowest BCUT2D eigenvalue weighted by Crippen LogP contribution is -2.30. The van der Waals surface area contributed by atoms with E-state index in [9.17, 15) is 4.79 Å². The number of hydrazine groups is 1. The fourth-order valence-electron chi connectivity index (χ4n) is 3.20. The fraction of sp³-hybridized carbons (Fsp3) is 0. The first kappa shape index (κ1) is 14.4. The minimum absolute atomic E-state index is 0.289. The van der Waals surface area contributed by atoms with Crippen molar-refractivity contribution in [2.24, 2.45) is 5.84 Å². The Kier molecular flexibility index (Phi) is 3.48. The molecule has 0 unspecified atom stereocenters. The van der Waals surface area contributed by atoms with E-state index >= 15 is 0 Å². The van der Waals surface area contributed by atoms with Crippen molar-refractivity contribution in [1.29, 1.82) is 0 Å². The number of rotatable bonds is 2. The van der Waals surface area contributed by atoms with Crippen molar-refractivity contribution in [2.45, 2.75) is 0 Å². The largest absolute Gasteiger partial charge is 0.290 e. The second-order valence-electron chi connectivity index (χ2n) is 5.75. The molecule has 0 atom stereocenters. The van der Waals surface area contributed by atoms with Gasteiger partial charge in [-0.1, -0.05) is 60.7 Å². The van der Waals surface area contributed by atoms with Crippen LogP contribution < -0.4 is 11.3 Å². The molecule has 0 saturated carbocycles. The van der Waals surface area contributed by atoms with Gasteiger partial charge in [0.25, 0.3) is 5.91 Å². The van der Waals surface area contributed by atoms with Gasteiger partial charge >= 0.3 is 0 Å². The molecule has 0 fully saturated rings. The summed E-state index contributed by atoms with van der Waals surface area (Å²) >= 11 is 0. The molecule has 0 aliphatic heterocycles. The van der Waals surface area contributed by atoms with Crippen LogP contribution in [0, 0.1) is 0 Å². The van der Waals surface area contributed by atoms with E-state index in [1.54, 1.807) is 6.07 Å². The third-order valence-corrected chi connectivity index (χ3v) is 4.34. The fourth-order valence-corrected chi connectivity index (χ4v) is 3.20. The van der Waals surface area contributed by atoms with Crippen LogP contribution in [0.2, 0.25) is 0 Å². The van der Waals surface area contributed by atoms with Gasteiger partial charge in [-0.05, 0) is 50.9 Å². The molecular formula is C21H16N2O. The zero-order chi connectivity index (χ0) is 16.5. The highest BCUT2D eigenvalue weighted by Crippen LogP contribution is 2.33. The zero-order valence-electron chi connectivity index (χ0n) is 13.0. The molecule has 0 aliphatic carbocycles. The first-order valence-corrected chi connectivity index (χ1v) is 7.80. The highest BCUT2D eigenvalue weighted by molar-refractivity contribution is 6.09. The van der Waals surface area contributed by atoms with Gasteiger partial charge in [0.2, 0.25) is 0 Å². The molecular weight excluding hydrogens is 296 g/mol. The predicted molar refractivity (Wildman–Crippen MR) is 98.5 cm³/mol. The lowest BCUT2D eigenvalue weighted by atomic mass is 9.93. The minimum atomic E-state index is -0.289. The van der Waals surface area contributed by atoms with Crippen LogP contribution >= 0.6 is 0 Å². The molecule has 3 nitrogen and oxygen atoms in total. The number of benzene rings is 4. The Balaban J connectivity index is 2.04. The van der Waals surface area contributed by atoms with Crippen molar-refractivity contribution in [2.75, 3.05) is 0 Å². The predicted octanol–water partition coefficient (Wildman–Crippen LogP) is 4.26. The first-order chi connectivity index (χ1) is 11.8. The minimum Gasteiger partial charge on any atom is -0.290 e. The number of amides is 1. The molecule has 0 aromatic heterocycles. The van der Waals surface area contributed by atoms with Gasteiger partial charge in [0.05, 0.1) is 0 Å².